The van der Waals surface area contributed by atoms with Crippen molar-refractivity contribution in [1.82, 2.24) is 0 Å². The van der Waals surface area contributed by atoms with E-state index in [1.54, 1.807) is 0 Å². The molecule has 25 heavy (non-hydrogen) atoms. The highest BCUT2D eigenvalue weighted by molar-refractivity contribution is 5.28. The molecule has 2 aromatic rings. The van der Waals surface area contributed by atoms with E-state index in [1.165, 1.54) is 0 Å². The SMILES string of the molecule is C=C(C)C1C=CC(OCc2ccccc2)=CC1OCc1ccccc1. The molecule has 2 nitrogen and oxygen atoms in total. The third kappa shape index (κ3) is 4.94. The van der Waals surface area contributed by atoms with Gasteiger partial charge in [-0.15, -0.1) is 0 Å². The van der Waals surface area contributed by atoms with Crippen molar-refractivity contribution in [3.05, 3.63) is 108 Å². The summed E-state index contributed by atoms with van der Waals surface area (Å²) in [6.07, 6.45) is 6.14. The summed E-state index contributed by atoms with van der Waals surface area (Å²) in [5.41, 5.74) is 3.41. The first-order valence-corrected chi connectivity index (χ1v) is 8.60. The molecule has 2 aromatic carbocycles. The van der Waals surface area contributed by atoms with Crippen LogP contribution in [-0.4, -0.2) is 6.10 Å². The zero-order valence-electron chi connectivity index (χ0n) is 14.6. The number of hydrogen-bond acceptors (Lipinski definition) is 2. The minimum Gasteiger partial charge on any atom is -0.489 e. The van der Waals surface area contributed by atoms with Crippen LogP contribution in [0.5, 0.6) is 0 Å². The Balaban J connectivity index is 1.65. The molecule has 0 spiro atoms. The molecule has 128 valence electrons. The molecule has 1 aliphatic rings. The zero-order valence-corrected chi connectivity index (χ0v) is 14.6. The fourth-order valence-electron chi connectivity index (χ4n) is 2.83. The van der Waals surface area contributed by atoms with Gasteiger partial charge in [0.1, 0.15) is 12.4 Å². The lowest BCUT2D eigenvalue weighted by atomic mass is 9.91. The van der Waals surface area contributed by atoms with Crippen molar-refractivity contribution in [2.24, 2.45) is 5.92 Å². The van der Waals surface area contributed by atoms with Crippen molar-refractivity contribution in [2.45, 2.75) is 26.2 Å². The molecule has 0 radical (unpaired) electrons. The van der Waals surface area contributed by atoms with Crippen molar-refractivity contribution >= 4 is 0 Å². The molecule has 0 heterocycles. The van der Waals surface area contributed by atoms with Crippen LogP contribution >= 0.6 is 0 Å². The van der Waals surface area contributed by atoms with Crippen LogP contribution < -0.4 is 0 Å². The number of benzene rings is 2. The van der Waals surface area contributed by atoms with Crippen LogP contribution in [0.1, 0.15) is 18.1 Å². The second kappa shape index (κ2) is 8.50. The van der Waals surface area contributed by atoms with E-state index in [0.29, 0.717) is 13.2 Å². The highest BCUT2D eigenvalue weighted by Gasteiger charge is 2.23. The number of ether oxygens (including phenoxy) is 2. The van der Waals surface area contributed by atoms with Crippen LogP contribution in [0.15, 0.2) is 96.8 Å². The zero-order chi connectivity index (χ0) is 17.5. The Hall–Kier alpha value is -2.58. The fourth-order valence-corrected chi connectivity index (χ4v) is 2.83. The van der Waals surface area contributed by atoms with E-state index >= 15 is 0 Å². The van der Waals surface area contributed by atoms with E-state index in [9.17, 15) is 0 Å². The molecule has 1 aliphatic carbocycles. The molecule has 0 aliphatic heterocycles. The van der Waals surface area contributed by atoms with Gasteiger partial charge in [-0.2, -0.15) is 0 Å². The van der Waals surface area contributed by atoms with E-state index in [4.69, 9.17) is 9.47 Å². The molecule has 2 unspecified atom stereocenters. The lowest BCUT2D eigenvalue weighted by molar-refractivity contribution is 0.0484. The highest BCUT2D eigenvalue weighted by atomic mass is 16.5. The average molecular weight is 332 g/mol. The van der Waals surface area contributed by atoms with Crippen LogP contribution in [0, 0.1) is 5.92 Å². The van der Waals surface area contributed by atoms with E-state index in [-0.39, 0.29) is 12.0 Å². The van der Waals surface area contributed by atoms with Gasteiger partial charge < -0.3 is 9.47 Å². The Kier molecular flexibility index (Phi) is 5.86. The Labute approximate surface area is 150 Å². The number of allylic oxidation sites excluding steroid dienone is 1. The summed E-state index contributed by atoms with van der Waals surface area (Å²) in [6, 6.07) is 20.4. The molecule has 0 N–H and O–H groups in total. The number of rotatable bonds is 7. The van der Waals surface area contributed by atoms with Gasteiger partial charge in [0, 0.05) is 5.92 Å². The first kappa shape index (κ1) is 17.2. The largest absolute Gasteiger partial charge is 0.489 e. The van der Waals surface area contributed by atoms with E-state index in [1.807, 2.05) is 49.4 Å². The molecule has 0 fully saturated rings. The van der Waals surface area contributed by atoms with Crippen LogP contribution in [0.3, 0.4) is 0 Å². The molecule has 0 aromatic heterocycles. The molecule has 2 heteroatoms. The molecule has 0 amide bonds. The second-order valence-corrected chi connectivity index (χ2v) is 6.34. The summed E-state index contributed by atoms with van der Waals surface area (Å²) in [5, 5.41) is 0. The number of hydrogen-bond donors (Lipinski definition) is 0. The molecule has 2 atom stereocenters. The molecular formula is C23H24O2. The summed E-state index contributed by atoms with van der Waals surface area (Å²) in [7, 11) is 0. The predicted molar refractivity (Wildman–Crippen MR) is 102 cm³/mol. The normalized spacial score (nSPS) is 19.3. The first-order valence-electron chi connectivity index (χ1n) is 8.60. The Morgan fingerprint density at radius 2 is 1.52 bits per heavy atom. The van der Waals surface area contributed by atoms with Crippen molar-refractivity contribution < 1.29 is 9.47 Å². The molecular weight excluding hydrogens is 308 g/mol. The molecule has 0 saturated heterocycles. The van der Waals surface area contributed by atoms with Crippen LogP contribution in [-0.2, 0) is 22.7 Å². The van der Waals surface area contributed by atoms with E-state index in [0.717, 1.165) is 22.5 Å². The fraction of sp³-hybridized carbons (Fsp3) is 0.217. The van der Waals surface area contributed by atoms with Gasteiger partial charge in [-0.05, 0) is 30.2 Å². The summed E-state index contributed by atoms with van der Waals surface area (Å²) in [6.45, 7) is 7.27. The van der Waals surface area contributed by atoms with E-state index in [2.05, 4.69) is 43.0 Å². The van der Waals surface area contributed by atoms with Crippen molar-refractivity contribution in [1.29, 1.82) is 0 Å². The Morgan fingerprint density at radius 3 is 2.12 bits per heavy atom. The van der Waals surface area contributed by atoms with Gasteiger partial charge in [0.15, 0.2) is 0 Å². The van der Waals surface area contributed by atoms with Gasteiger partial charge in [0.2, 0.25) is 0 Å². The maximum atomic E-state index is 6.16. The monoisotopic (exact) mass is 332 g/mol. The maximum absolute atomic E-state index is 6.16. The maximum Gasteiger partial charge on any atom is 0.118 e. The Bertz CT molecular complexity index is 744. The third-order valence-electron chi connectivity index (χ3n) is 4.25. The summed E-state index contributed by atoms with van der Waals surface area (Å²) < 4.78 is 12.1. The minimum atomic E-state index is -0.0616. The molecule has 3 rings (SSSR count). The van der Waals surface area contributed by atoms with Crippen LogP contribution in [0.25, 0.3) is 0 Å². The average Bonchev–Trinajstić information content (AvgIpc) is 2.66. The lowest BCUT2D eigenvalue weighted by Crippen LogP contribution is -2.24. The van der Waals surface area contributed by atoms with Crippen molar-refractivity contribution in [3.8, 4) is 0 Å². The van der Waals surface area contributed by atoms with Gasteiger partial charge in [0.05, 0.1) is 12.7 Å². The quantitative estimate of drug-likeness (QED) is 0.629. The van der Waals surface area contributed by atoms with Gasteiger partial charge in [-0.3, -0.25) is 0 Å². The standard InChI is InChI=1S/C23H24O2/c1-18(2)22-14-13-21(24-16-19-9-5-3-6-10-19)15-23(22)25-17-20-11-7-4-8-12-20/h3-15,22-23H,1,16-17H2,2H3. The molecule has 0 bridgehead atoms. The Morgan fingerprint density at radius 1 is 0.920 bits per heavy atom. The predicted octanol–water partition coefficient (Wildman–Crippen LogP) is 5.43. The van der Waals surface area contributed by atoms with Gasteiger partial charge in [-0.1, -0.05) is 78.9 Å². The first-order chi connectivity index (χ1) is 12.2. The van der Waals surface area contributed by atoms with Gasteiger partial charge in [-0.25, -0.2) is 0 Å². The van der Waals surface area contributed by atoms with Crippen LogP contribution in [0.4, 0.5) is 0 Å². The minimum absolute atomic E-state index is 0.0616. The smallest absolute Gasteiger partial charge is 0.118 e. The topological polar surface area (TPSA) is 18.5 Å². The lowest BCUT2D eigenvalue weighted by Gasteiger charge is -2.27. The van der Waals surface area contributed by atoms with Crippen molar-refractivity contribution in [3.63, 3.8) is 0 Å². The summed E-state index contributed by atoms with van der Waals surface area (Å²) in [5.74, 6) is 1.02. The molecule has 0 saturated carbocycles. The third-order valence-corrected chi connectivity index (χ3v) is 4.25. The van der Waals surface area contributed by atoms with Gasteiger partial charge in [0.25, 0.3) is 0 Å². The van der Waals surface area contributed by atoms with E-state index < -0.39 is 0 Å². The second-order valence-electron chi connectivity index (χ2n) is 6.34. The van der Waals surface area contributed by atoms with Crippen LogP contribution in [0.2, 0.25) is 0 Å². The summed E-state index contributed by atoms with van der Waals surface area (Å²) in [4.78, 5) is 0. The highest BCUT2D eigenvalue weighted by Crippen LogP contribution is 2.27. The van der Waals surface area contributed by atoms with Gasteiger partial charge >= 0.3 is 0 Å². The summed E-state index contributed by atoms with van der Waals surface area (Å²) >= 11 is 0. The van der Waals surface area contributed by atoms with Crippen molar-refractivity contribution in [2.75, 3.05) is 0 Å².